The molecule has 4 heterocycles. The molecule has 8 aromatic rings. The van der Waals surface area contributed by atoms with Crippen LogP contribution in [0.5, 0.6) is 0 Å². The van der Waals surface area contributed by atoms with Crippen molar-refractivity contribution < 1.29 is 0 Å². The van der Waals surface area contributed by atoms with E-state index in [4.69, 9.17) is 0 Å². The van der Waals surface area contributed by atoms with Crippen molar-refractivity contribution in [2.75, 3.05) is 0 Å². The Balaban J connectivity index is 1.62. The van der Waals surface area contributed by atoms with Gasteiger partial charge in [0.1, 0.15) is 0 Å². The van der Waals surface area contributed by atoms with Crippen LogP contribution in [0.2, 0.25) is 0 Å². The summed E-state index contributed by atoms with van der Waals surface area (Å²) in [6.07, 6.45) is 6.04. The maximum absolute atomic E-state index is 2.54. The lowest BCUT2D eigenvalue weighted by Crippen LogP contribution is -2.29. The molecule has 0 saturated heterocycles. The molecule has 0 bridgehead atoms. The molecule has 0 radical (unpaired) electrons. The van der Waals surface area contributed by atoms with Gasteiger partial charge in [-0.05, 0) is 30.5 Å². The fourth-order valence-electron chi connectivity index (χ4n) is 6.73. The zero-order valence-corrected chi connectivity index (χ0v) is 18.3. The summed E-state index contributed by atoms with van der Waals surface area (Å²) in [6.45, 7) is 2.32. The van der Waals surface area contributed by atoms with Crippen LogP contribution in [0.4, 0.5) is 0 Å². The van der Waals surface area contributed by atoms with Crippen LogP contribution in [0.25, 0.3) is 77.4 Å². The number of hydrogen-bond acceptors (Lipinski definition) is 0. The lowest BCUT2D eigenvalue weighted by Gasteiger charge is -2.06. The summed E-state index contributed by atoms with van der Waals surface area (Å²) in [4.78, 5) is 0. The molecule has 9 rings (SSSR count). The van der Waals surface area contributed by atoms with Gasteiger partial charge in [0, 0.05) is 42.9 Å². The second kappa shape index (κ2) is 5.29. The lowest BCUT2D eigenvalue weighted by molar-refractivity contribution is 0.796. The van der Waals surface area contributed by atoms with Gasteiger partial charge in [-0.1, -0.05) is 73.7 Å². The summed E-state index contributed by atoms with van der Waals surface area (Å²) in [6, 6.07) is 27.3. The van der Waals surface area contributed by atoms with Crippen LogP contribution < -0.4 is 10.6 Å². The first-order chi connectivity index (χ1) is 16.3. The topological polar surface area (TPSA) is 8.82 Å². The molecule has 2 nitrogen and oxygen atoms in total. The second-order valence-corrected chi connectivity index (χ2v) is 9.86. The van der Waals surface area contributed by atoms with Gasteiger partial charge in [-0.25, -0.2) is 0 Å². The first-order valence-corrected chi connectivity index (χ1v) is 11.9. The summed E-state index contributed by atoms with van der Waals surface area (Å²) in [5.74, 6) is 0.570. The Morgan fingerprint density at radius 2 is 1.21 bits per heavy atom. The maximum Gasteiger partial charge on any atom is 0.0620 e. The maximum atomic E-state index is 2.54. The van der Waals surface area contributed by atoms with Crippen molar-refractivity contribution >= 4 is 77.4 Å². The third kappa shape index (κ3) is 1.74. The molecular weight excluding hydrogens is 400 g/mol. The van der Waals surface area contributed by atoms with E-state index in [1.54, 1.807) is 0 Å². The van der Waals surface area contributed by atoms with Crippen LogP contribution in [0, 0.1) is 5.92 Å². The van der Waals surface area contributed by atoms with E-state index in [-0.39, 0.29) is 0 Å². The van der Waals surface area contributed by atoms with Gasteiger partial charge in [0.2, 0.25) is 0 Å². The Kier molecular flexibility index (Phi) is 2.66. The highest BCUT2D eigenvalue weighted by molar-refractivity contribution is 6.26. The first-order valence-electron chi connectivity index (χ1n) is 11.9. The van der Waals surface area contributed by atoms with Crippen LogP contribution in [-0.4, -0.2) is 8.80 Å². The third-order valence-electron chi connectivity index (χ3n) is 8.07. The molecular formula is C31H20N2. The van der Waals surface area contributed by atoms with Crippen molar-refractivity contribution in [2.45, 2.75) is 13.3 Å². The standard InChI is InChI=1S/C31H20N2/c1-17-12-13-19-21-8-5-10-23-25-15-28-24(16-29(25)33(31(21)23)27(19)14-17)22-9-4-7-20-18-6-2-3-11-26(18)32(28)30(20)22/h2-11,13-17H,12H2,1H3/t17-/m0/s1. The van der Waals surface area contributed by atoms with E-state index in [9.17, 15) is 0 Å². The molecule has 0 saturated carbocycles. The molecule has 0 fully saturated rings. The van der Waals surface area contributed by atoms with E-state index < -0.39 is 0 Å². The summed E-state index contributed by atoms with van der Waals surface area (Å²) in [7, 11) is 0. The smallest absolute Gasteiger partial charge is 0.0620 e. The van der Waals surface area contributed by atoms with Crippen LogP contribution in [0.15, 0.2) is 72.8 Å². The fourth-order valence-corrected chi connectivity index (χ4v) is 6.73. The van der Waals surface area contributed by atoms with Gasteiger partial charge in [0.25, 0.3) is 0 Å². The second-order valence-electron chi connectivity index (χ2n) is 9.86. The monoisotopic (exact) mass is 420 g/mol. The Bertz CT molecular complexity index is 2220. The molecule has 4 aromatic carbocycles. The van der Waals surface area contributed by atoms with E-state index in [0.29, 0.717) is 5.92 Å². The summed E-state index contributed by atoms with van der Waals surface area (Å²) in [5, 5.41) is 12.2. The lowest BCUT2D eigenvalue weighted by atomic mass is 10.0. The Morgan fingerprint density at radius 3 is 2.00 bits per heavy atom. The molecule has 0 unspecified atom stereocenters. The van der Waals surface area contributed by atoms with Crippen LogP contribution in [0.3, 0.4) is 0 Å². The van der Waals surface area contributed by atoms with E-state index in [2.05, 4.69) is 101 Å². The molecule has 2 heteroatoms. The molecule has 0 aliphatic heterocycles. The number of hydrogen-bond donors (Lipinski definition) is 0. The normalized spacial score (nSPS) is 16.7. The van der Waals surface area contributed by atoms with Crippen molar-refractivity contribution in [1.29, 1.82) is 0 Å². The summed E-state index contributed by atoms with van der Waals surface area (Å²) >= 11 is 0. The average molecular weight is 421 g/mol. The summed E-state index contributed by atoms with van der Waals surface area (Å²) < 4.78 is 5.02. The van der Waals surface area contributed by atoms with Gasteiger partial charge < -0.3 is 8.80 Å². The van der Waals surface area contributed by atoms with Crippen molar-refractivity contribution in [2.24, 2.45) is 5.92 Å². The molecule has 4 aromatic heterocycles. The van der Waals surface area contributed by atoms with E-state index in [0.717, 1.165) is 6.42 Å². The molecule has 0 amide bonds. The highest BCUT2D eigenvalue weighted by atomic mass is 14.9. The van der Waals surface area contributed by atoms with Crippen molar-refractivity contribution in [3.63, 3.8) is 0 Å². The number of para-hydroxylation sites is 3. The molecule has 0 spiro atoms. The minimum absolute atomic E-state index is 0.570. The van der Waals surface area contributed by atoms with Crippen molar-refractivity contribution in [3.8, 4) is 0 Å². The van der Waals surface area contributed by atoms with Gasteiger partial charge in [0.15, 0.2) is 0 Å². The van der Waals surface area contributed by atoms with E-state index in [1.807, 2.05) is 0 Å². The Hall–Kier alpha value is -4.04. The Labute approximate surface area is 188 Å². The van der Waals surface area contributed by atoms with Crippen LogP contribution in [-0.2, 0) is 0 Å². The predicted molar refractivity (Wildman–Crippen MR) is 140 cm³/mol. The minimum Gasteiger partial charge on any atom is -0.308 e. The van der Waals surface area contributed by atoms with E-state index in [1.165, 1.54) is 75.9 Å². The highest BCUT2D eigenvalue weighted by Crippen LogP contribution is 2.41. The largest absolute Gasteiger partial charge is 0.308 e. The number of rotatable bonds is 0. The van der Waals surface area contributed by atoms with Gasteiger partial charge >= 0.3 is 0 Å². The molecule has 154 valence electrons. The number of nitrogens with zero attached hydrogens (tertiary/aromatic N) is 2. The molecule has 0 N–H and O–H groups in total. The van der Waals surface area contributed by atoms with Crippen molar-refractivity contribution in [3.05, 3.63) is 83.4 Å². The van der Waals surface area contributed by atoms with Crippen LogP contribution >= 0.6 is 0 Å². The van der Waals surface area contributed by atoms with Gasteiger partial charge in [-0.3, -0.25) is 0 Å². The SMILES string of the molecule is C[C@@H]1C=c2c(c3cccc4c5cc6c(cc5n2c34)c2cccc3c4ccccc4n6c32)=CC1. The summed E-state index contributed by atoms with van der Waals surface area (Å²) in [5.41, 5.74) is 6.65. The van der Waals surface area contributed by atoms with Crippen LogP contribution in [0.1, 0.15) is 13.3 Å². The molecule has 1 aliphatic rings. The van der Waals surface area contributed by atoms with Gasteiger partial charge in [-0.15, -0.1) is 0 Å². The average Bonchev–Trinajstić information content (AvgIpc) is 3.55. The van der Waals surface area contributed by atoms with Gasteiger partial charge in [0.05, 0.1) is 32.9 Å². The van der Waals surface area contributed by atoms with E-state index >= 15 is 0 Å². The number of aromatic nitrogens is 2. The predicted octanol–water partition coefficient (Wildman–Crippen LogP) is 6.43. The number of fused-ring (bicyclic) bond motifs is 12. The first kappa shape index (κ1) is 16.6. The Morgan fingerprint density at radius 1 is 0.606 bits per heavy atom. The zero-order valence-electron chi connectivity index (χ0n) is 18.3. The zero-order chi connectivity index (χ0) is 21.4. The van der Waals surface area contributed by atoms with Gasteiger partial charge in [-0.2, -0.15) is 0 Å². The highest BCUT2D eigenvalue weighted by Gasteiger charge is 2.21. The third-order valence-corrected chi connectivity index (χ3v) is 8.07. The fraction of sp³-hybridized carbons (Fsp3) is 0.0968. The quantitative estimate of drug-likeness (QED) is 0.267. The minimum atomic E-state index is 0.570. The van der Waals surface area contributed by atoms with Crippen molar-refractivity contribution in [1.82, 2.24) is 8.80 Å². The molecule has 33 heavy (non-hydrogen) atoms. The number of benzene rings is 4. The molecule has 1 aliphatic carbocycles. The molecule has 1 atom stereocenters.